The molecule has 0 N–H and O–H groups in total. The Hall–Kier alpha value is -0.500. The van der Waals surface area contributed by atoms with Crippen LogP contribution in [0.2, 0.25) is 0 Å². The van der Waals surface area contributed by atoms with Gasteiger partial charge in [0.25, 0.3) is 0 Å². The monoisotopic (exact) mass is 157 g/mol. The van der Waals surface area contributed by atoms with Crippen LogP contribution in [0.5, 0.6) is 0 Å². The van der Waals surface area contributed by atoms with Crippen LogP contribution in [0, 0.1) is 0 Å². The fourth-order valence-corrected chi connectivity index (χ4v) is 0.784. The van der Waals surface area contributed by atoms with Gasteiger partial charge < -0.3 is 9.64 Å². The van der Waals surface area contributed by atoms with E-state index in [4.69, 9.17) is 4.74 Å². The smallest absolute Gasteiger partial charge is 0.0641 e. The lowest BCUT2D eigenvalue weighted by molar-refractivity contribution is 0.122. The molecule has 11 heavy (non-hydrogen) atoms. The summed E-state index contributed by atoms with van der Waals surface area (Å²) in [5.41, 5.74) is 0. The summed E-state index contributed by atoms with van der Waals surface area (Å²) in [6, 6.07) is 0. The molecule has 0 aliphatic carbocycles. The fourth-order valence-electron chi connectivity index (χ4n) is 0.784. The van der Waals surface area contributed by atoms with Gasteiger partial charge in [-0.2, -0.15) is 0 Å². The van der Waals surface area contributed by atoms with E-state index in [0.29, 0.717) is 0 Å². The topological polar surface area (TPSA) is 12.5 Å². The van der Waals surface area contributed by atoms with Gasteiger partial charge in [-0.1, -0.05) is 13.0 Å². The van der Waals surface area contributed by atoms with E-state index in [2.05, 4.69) is 25.1 Å². The molecule has 0 heterocycles. The minimum absolute atomic E-state index is 0.828. The molecular weight excluding hydrogens is 138 g/mol. The quantitative estimate of drug-likeness (QED) is 0.546. The second kappa shape index (κ2) is 7.61. The molecular formula is C9H19NO. The predicted molar refractivity (Wildman–Crippen MR) is 48.6 cm³/mol. The van der Waals surface area contributed by atoms with Gasteiger partial charge in [0.2, 0.25) is 0 Å². The third kappa shape index (κ3) is 7.40. The average Bonchev–Trinajstić information content (AvgIpc) is 1.99. The van der Waals surface area contributed by atoms with Crippen molar-refractivity contribution in [2.24, 2.45) is 0 Å². The number of nitrogens with zero attached hydrogens (tertiary/aromatic N) is 1. The second-order valence-corrected chi connectivity index (χ2v) is 2.58. The van der Waals surface area contributed by atoms with Crippen LogP contribution < -0.4 is 0 Å². The molecule has 0 radical (unpaired) electrons. The second-order valence-electron chi connectivity index (χ2n) is 2.58. The molecule has 0 aromatic carbocycles. The van der Waals surface area contributed by atoms with Crippen LogP contribution in [0.3, 0.4) is 0 Å². The first-order valence-corrected chi connectivity index (χ1v) is 4.22. The highest BCUT2D eigenvalue weighted by Crippen LogP contribution is 1.86. The molecule has 0 fully saturated rings. The molecule has 0 aromatic heterocycles. The number of allylic oxidation sites excluding steroid dienone is 1. The molecule has 0 amide bonds. The van der Waals surface area contributed by atoms with Crippen molar-refractivity contribution in [2.45, 2.75) is 20.3 Å². The summed E-state index contributed by atoms with van der Waals surface area (Å²) in [5, 5.41) is 0. The molecule has 0 rings (SSSR count). The number of rotatable bonds is 6. The van der Waals surface area contributed by atoms with Crippen molar-refractivity contribution < 1.29 is 4.74 Å². The molecule has 0 spiro atoms. The van der Waals surface area contributed by atoms with E-state index in [-0.39, 0.29) is 0 Å². The molecule has 0 aromatic rings. The van der Waals surface area contributed by atoms with Crippen molar-refractivity contribution >= 4 is 0 Å². The largest absolute Gasteiger partial charge is 0.380 e. The zero-order valence-electron chi connectivity index (χ0n) is 7.84. The molecule has 0 atom stereocenters. The van der Waals surface area contributed by atoms with Crippen molar-refractivity contribution in [3.8, 4) is 0 Å². The lowest BCUT2D eigenvalue weighted by Gasteiger charge is -2.12. The molecule has 0 bridgehead atoms. The summed E-state index contributed by atoms with van der Waals surface area (Å²) in [6.45, 7) is 6.82. The van der Waals surface area contributed by atoms with Gasteiger partial charge in [0.15, 0.2) is 0 Å². The highest BCUT2D eigenvalue weighted by atomic mass is 16.5. The third-order valence-electron chi connectivity index (χ3n) is 1.34. The van der Waals surface area contributed by atoms with E-state index in [1.807, 2.05) is 13.0 Å². The van der Waals surface area contributed by atoms with E-state index in [1.54, 1.807) is 0 Å². The van der Waals surface area contributed by atoms with Crippen LogP contribution in [0.15, 0.2) is 12.3 Å². The highest BCUT2D eigenvalue weighted by molar-refractivity contribution is 4.75. The first kappa shape index (κ1) is 10.5. The maximum Gasteiger partial charge on any atom is 0.0641 e. The maximum absolute atomic E-state index is 5.32. The molecule has 2 heteroatoms. The van der Waals surface area contributed by atoms with Gasteiger partial charge in [0, 0.05) is 20.2 Å². The lowest BCUT2D eigenvalue weighted by atomic mass is 10.5. The minimum atomic E-state index is 0.828. The van der Waals surface area contributed by atoms with Crippen LogP contribution in [0.1, 0.15) is 20.3 Å². The van der Waals surface area contributed by atoms with Crippen LogP contribution in [-0.4, -0.2) is 31.7 Å². The molecule has 2 nitrogen and oxygen atoms in total. The first-order valence-electron chi connectivity index (χ1n) is 4.22. The molecule has 0 unspecified atom stereocenters. The SMILES string of the molecule is CC=CN(C)CCOCCC. The maximum atomic E-state index is 5.32. The molecule has 66 valence electrons. The molecule has 0 aliphatic rings. The highest BCUT2D eigenvalue weighted by Gasteiger charge is 1.89. The zero-order chi connectivity index (χ0) is 8.53. The predicted octanol–water partition coefficient (Wildman–Crippen LogP) is 1.88. The standard InChI is InChI=1S/C9H19NO/c1-4-6-10(3)7-9-11-8-5-2/h4,6H,5,7-9H2,1-3H3. The van der Waals surface area contributed by atoms with Gasteiger partial charge in [0.05, 0.1) is 6.61 Å². The zero-order valence-corrected chi connectivity index (χ0v) is 7.84. The van der Waals surface area contributed by atoms with Crippen LogP contribution in [0.25, 0.3) is 0 Å². The molecule has 0 saturated heterocycles. The number of hydrogen-bond donors (Lipinski definition) is 0. The molecule has 0 saturated carbocycles. The Labute approximate surface area is 69.8 Å². The number of likely N-dealkylation sites (N-methyl/N-ethyl adjacent to an activating group) is 1. The van der Waals surface area contributed by atoms with Crippen LogP contribution in [-0.2, 0) is 4.74 Å². The molecule has 0 aliphatic heterocycles. The normalized spacial score (nSPS) is 10.8. The van der Waals surface area contributed by atoms with E-state index in [9.17, 15) is 0 Å². The van der Waals surface area contributed by atoms with Gasteiger partial charge in [-0.05, 0) is 19.5 Å². The van der Waals surface area contributed by atoms with Crippen molar-refractivity contribution in [1.29, 1.82) is 0 Å². The average molecular weight is 157 g/mol. The summed E-state index contributed by atoms with van der Waals surface area (Å²) in [7, 11) is 2.05. The minimum Gasteiger partial charge on any atom is -0.380 e. The Morgan fingerprint density at radius 2 is 2.09 bits per heavy atom. The van der Waals surface area contributed by atoms with Crippen LogP contribution >= 0.6 is 0 Å². The van der Waals surface area contributed by atoms with Gasteiger partial charge in [-0.25, -0.2) is 0 Å². The summed E-state index contributed by atoms with van der Waals surface area (Å²) in [5.74, 6) is 0. The Morgan fingerprint density at radius 3 is 2.64 bits per heavy atom. The summed E-state index contributed by atoms with van der Waals surface area (Å²) < 4.78 is 5.32. The summed E-state index contributed by atoms with van der Waals surface area (Å²) >= 11 is 0. The van der Waals surface area contributed by atoms with Crippen molar-refractivity contribution in [2.75, 3.05) is 26.8 Å². The van der Waals surface area contributed by atoms with Crippen molar-refractivity contribution in [3.63, 3.8) is 0 Å². The summed E-state index contributed by atoms with van der Waals surface area (Å²) in [4.78, 5) is 2.12. The van der Waals surface area contributed by atoms with Crippen molar-refractivity contribution in [1.82, 2.24) is 4.90 Å². The van der Waals surface area contributed by atoms with E-state index < -0.39 is 0 Å². The Bertz CT molecular complexity index is 102. The first-order chi connectivity index (χ1) is 5.31. The van der Waals surface area contributed by atoms with Gasteiger partial charge in [-0.3, -0.25) is 0 Å². The third-order valence-corrected chi connectivity index (χ3v) is 1.34. The Kier molecular flexibility index (Phi) is 7.26. The lowest BCUT2D eigenvalue weighted by Crippen LogP contribution is -2.17. The van der Waals surface area contributed by atoms with Crippen molar-refractivity contribution in [3.05, 3.63) is 12.3 Å². The van der Waals surface area contributed by atoms with E-state index >= 15 is 0 Å². The van der Waals surface area contributed by atoms with Gasteiger partial charge in [0.1, 0.15) is 0 Å². The summed E-state index contributed by atoms with van der Waals surface area (Å²) in [6.07, 6.45) is 5.18. The van der Waals surface area contributed by atoms with E-state index in [1.165, 1.54) is 0 Å². The number of hydrogen-bond acceptors (Lipinski definition) is 2. The Balaban J connectivity index is 3.10. The van der Waals surface area contributed by atoms with Crippen LogP contribution in [0.4, 0.5) is 0 Å². The fraction of sp³-hybridized carbons (Fsp3) is 0.778. The van der Waals surface area contributed by atoms with Gasteiger partial charge in [-0.15, -0.1) is 0 Å². The van der Waals surface area contributed by atoms with Gasteiger partial charge >= 0.3 is 0 Å². The van der Waals surface area contributed by atoms with E-state index in [0.717, 1.165) is 26.2 Å². The number of ether oxygens (including phenoxy) is 1. The Morgan fingerprint density at radius 1 is 1.36 bits per heavy atom.